The second-order valence-corrected chi connectivity index (χ2v) is 7.18. The van der Waals surface area contributed by atoms with Gasteiger partial charge in [0.15, 0.2) is 0 Å². The molecule has 1 atom stereocenters. The van der Waals surface area contributed by atoms with Crippen LogP contribution in [0, 0.1) is 0 Å². The summed E-state index contributed by atoms with van der Waals surface area (Å²) in [5, 5.41) is 4.69. The summed E-state index contributed by atoms with van der Waals surface area (Å²) in [6.45, 7) is 3.74. The number of carbonyl (C=O) groups excluding carboxylic acids is 2. The van der Waals surface area contributed by atoms with E-state index in [0.29, 0.717) is 24.4 Å². The van der Waals surface area contributed by atoms with Crippen LogP contribution in [-0.4, -0.2) is 36.4 Å². The van der Waals surface area contributed by atoms with Crippen LogP contribution in [0.4, 0.5) is 0 Å². The number of benzene rings is 1. The van der Waals surface area contributed by atoms with Gasteiger partial charge in [-0.1, -0.05) is 18.2 Å². The zero-order chi connectivity index (χ0) is 18.4. The fourth-order valence-electron chi connectivity index (χ4n) is 3.29. The number of amides is 2. The van der Waals surface area contributed by atoms with E-state index in [-0.39, 0.29) is 17.9 Å². The molecule has 2 amide bonds. The normalized spacial score (nSPS) is 16.5. The number of rotatable bonds is 7. The predicted octanol–water partition coefficient (Wildman–Crippen LogP) is 3.63. The number of hydrogen-bond acceptors (Lipinski definition) is 4. The van der Waals surface area contributed by atoms with Crippen molar-refractivity contribution in [3.05, 3.63) is 52.2 Å². The highest BCUT2D eigenvalue weighted by atomic mass is 32.1. The van der Waals surface area contributed by atoms with Gasteiger partial charge >= 0.3 is 0 Å². The van der Waals surface area contributed by atoms with Crippen molar-refractivity contribution in [2.45, 2.75) is 32.2 Å². The molecule has 26 heavy (non-hydrogen) atoms. The summed E-state index contributed by atoms with van der Waals surface area (Å²) in [5.74, 6) is 0.827. The minimum absolute atomic E-state index is 0.0906. The minimum Gasteiger partial charge on any atom is -0.494 e. The van der Waals surface area contributed by atoms with Crippen LogP contribution in [0.3, 0.4) is 0 Å². The topological polar surface area (TPSA) is 58.6 Å². The lowest BCUT2D eigenvalue weighted by Gasteiger charge is -2.25. The maximum atomic E-state index is 12.6. The van der Waals surface area contributed by atoms with Crippen molar-refractivity contribution >= 4 is 23.2 Å². The fraction of sp³-hybridized carbons (Fsp3) is 0.400. The van der Waals surface area contributed by atoms with Gasteiger partial charge in [-0.3, -0.25) is 9.59 Å². The van der Waals surface area contributed by atoms with Gasteiger partial charge in [0.05, 0.1) is 17.5 Å². The van der Waals surface area contributed by atoms with Crippen molar-refractivity contribution in [2.75, 3.05) is 19.7 Å². The number of likely N-dealkylation sites (tertiary alicyclic amines) is 1. The van der Waals surface area contributed by atoms with Gasteiger partial charge in [-0.05, 0) is 48.9 Å². The Morgan fingerprint density at radius 2 is 2.08 bits per heavy atom. The zero-order valence-electron chi connectivity index (χ0n) is 14.9. The molecule has 1 fully saturated rings. The van der Waals surface area contributed by atoms with Crippen LogP contribution in [0.1, 0.15) is 47.5 Å². The molecule has 1 N–H and O–H groups in total. The molecule has 138 valence electrons. The molecule has 2 heterocycles. The molecule has 0 bridgehead atoms. The van der Waals surface area contributed by atoms with Crippen molar-refractivity contribution in [3.63, 3.8) is 0 Å². The summed E-state index contributed by atoms with van der Waals surface area (Å²) < 4.78 is 5.48. The van der Waals surface area contributed by atoms with E-state index >= 15 is 0 Å². The van der Waals surface area contributed by atoms with E-state index in [1.165, 1.54) is 11.3 Å². The molecule has 6 heteroatoms. The molecular formula is C20H24N2O3S. The van der Waals surface area contributed by atoms with E-state index < -0.39 is 0 Å². The summed E-state index contributed by atoms with van der Waals surface area (Å²) in [5.41, 5.74) is 1.14. The molecular weight excluding hydrogens is 348 g/mol. The van der Waals surface area contributed by atoms with Gasteiger partial charge in [0, 0.05) is 19.5 Å². The summed E-state index contributed by atoms with van der Waals surface area (Å²) >= 11 is 1.40. The highest BCUT2D eigenvalue weighted by molar-refractivity contribution is 7.12. The average molecular weight is 372 g/mol. The minimum atomic E-state index is -0.114. The van der Waals surface area contributed by atoms with Gasteiger partial charge in [-0.25, -0.2) is 0 Å². The van der Waals surface area contributed by atoms with Crippen molar-refractivity contribution in [1.29, 1.82) is 0 Å². The molecule has 1 aliphatic heterocycles. The fourth-order valence-corrected chi connectivity index (χ4v) is 3.93. The van der Waals surface area contributed by atoms with Gasteiger partial charge in [0.25, 0.3) is 5.91 Å². The zero-order valence-corrected chi connectivity index (χ0v) is 15.8. The molecule has 0 aliphatic carbocycles. The molecule has 1 aliphatic rings. The van der Waals surface area contributed by atoms with Crippen LogP contribution in [-0.2, 0) is 4.79 Å². The largest absolute Gasteiger partial charge is 0.494 e. The maximum Gasteiger partial charge on any atom is 0.261 e. The molecule has 3 rings (SSSR count). The quantitative estimate of drug-likeness (QED) is 0.807. The van der Waals surface area contributed by atoms with E-state index in [2.05, 4.69) is 5.32 Å². The highest BCUT2D eigenvalue weighted by Gasteiger charge is 2.29. The Balaban J connectivity index is 1.53. The third kappa shape index (κ3) is 4.43. The molecule has 1 unspecified atom stereocenters. The van der Waals surface area contributed by atoms with Crippen molar-refractivity contribution < 1.29 is 14.3 Å². The van der Waals surface area contributed by atoms with Crippen molar-refractivity contribution in [1.82, 2.24) is 10.2 Å². The number of hydrogen-bond donors (Lipinski definition) is 1. The van der Waals surface area contributed by atoms with Crippen LogP contribution in [0.2, 0.25) is 0 Å². The second kappa shape index (κ2) is 8.85. The summed E-state index contributed by atoms with van der Waals surface area (Å²) in [6.07, 6.45) is 2.30. The Bertz CT molecular complexity index is 728. The lowest BCUT2D eigenvalue weighted by Crippen LogP contribution is -2.34. The number of ether oxygens (including phenoxy) is 1. The van der Waals surface area contributed by atoms with Crippen LogP contribution >= 0.6 is 11.3 Å². The first-order valence-electron chi connectivity index (χ1n) is 9.03. The summed E-state index contributed by atoms with van der Waals surface area (Å²) in [7, 11) is 0. The van der Waals surface area contributed by atoms with E-state index in [1.807, 2.05) is 47.5 Å². The number of thiophene rings is 1. The lowest BCUT2D eigenvalue weighted by atomic mass is 10.0. The monoisotopic (exact) mass is 372 g/mol. The van der Waals surface area contributed by atoms with E-state index in [0.717, 1.165) is 30.7 Å². The van der Waals surface area contributed by atoms with Crippen LogP contribution in [0.5, 0.6) is 5.75 Å². The third-order valence-corrected chi connectivity index (χ3v) is 5.39. The summed E-state index contributed by atoms with van der Waals surface area (Å²) in [4.78, 5) is 27.2. The Hall–Kier alpha value is -2.34. The first-order valence-corrected chi connectivity index (χ1v) is 9.91. The molecule has 0 radical (unpaired) electrons. The third-order valence-electron chi connectivity index (χ3n) is 4.52. The van der Waals surface area contributed by atoms with Gasteiger partial charge in [-0.2, -0.15) is 0 Å². The Labute approximate surface area is 158 Å². The Morgan fingerprint density at radius 3 is 2.77 bits per heavy atom. The maximum absolute atomic E-state index is 12.6. The lowest BCUT2D eigenvalue weighted by molar-refractivity contribution is -0.132. The second-order valence-electron chi connectivity index (χ2n) is 6.23. The van der Waals surface area contributed by atoms with Crippen LogP contribution in [0.15, 0.2) is 41.8 Å². The number of nitrogens with one attached hydrogen (secondary N) is 1. The molecule has 0 spiro atoms. The van der Waals surface area contributed by atoms with Gasteiger partial charge in [0.2, 0.25) is 5.91 Å². The molecule has 1 aromatic carbocycles. The van der Waals surface area contributed by atoms with Crippen LogP contribution < -0.4 is 10.1 Å². The highest BCUT2D eigenvalue weighted by Crippen LogP contribution is 2.33. The molecule has 5 nitrogen and oxygen atoms in total. The molecule has 0 saturated carbocycles. The van der Waals surface area contributed by atoms with Crippen molar-refractivity contribution in [2.24, 2.45) is 0 Å². The average Bonchev–Trinajstić information content (AvgIpc) is 3.34. The smallest absolute Gasteiger partial charge is 0.261 e. The first-order chi connectivity index (χ1) is 12.7. The van der Waals surface area contributed by atoms with Gasteiger partial charge in [0.1, 0.15) is 5.75 Å². The first kappa shape index (κ1) is 18.5. The molecule has 2 aromatic rings. The predicted molar refractivity (Wildman–Crippen MR) is 103 cm³/mol. The molecule has 1 saturated heterocycles. The van der Waals surface area contributed by atoms with E-state index in [1.54, 1.807) is 6.07 Å². The van der Waals surface area contributed by atoms with Crippen molar-refractivity contribution in [3.8, 4) is 5.75 Å². The number of nitrogens with zero attached hydrogens (tertiary/aromatic N) is 1. The number of carbonyl (C=O) groups is 2. The summed E-state index contributed by atoms with van der Waals surface area (Å²) in [6, 6.07) is 11.7. The van der Waals surface area contributed by atoms with Crippen LogP contribution in [0.25, 0.3) is 0 Å². The van der Waals surface area contributed by atoms with Gasteiger partial charge in [-0.15, -0.1) is 11.3 Å². The van der Waals surface area contributed by atoms with E-state index in [9.17, 15) is 9.59 Å². The SMILES string of the molecule is CCOc1ccc(C2CCCN2C(=O)CCNC(=O)c2cccs2)cc1. The Kier molecular flexibility index (Phi) is 6.28. The van der Waals surface area contributed by atoms with E-state index in [4.69, 9.17) is 4.74 Å². The van der Waals surface area contributed by atoms with Gasteiger partial charge < -0.3 is 15.0 Å². The Morgan fingerprint density at radius 1 is 1.27 bits per heavy atom. The standard InChI is InChI=1S/C20H24N2O3S/c1-2-25-16-9-7-15(8-10-16)17-5-3-13-22(17)19(23)11-12-21-20(24)18-6-4-14-26-18/h4,6-10,14,17H,2-3,5,11-13H2,1H3,(H,21,24). The molecule has 1 aromatic heterocycles.